The van der Waals surface area contributed by atoms with Crippen LogP contribution in [0.2, 0.25) is 0 Å². The first-order valence-corrected chi connectivity index (χ1v) is 6.40. The van der Waals surface area contributed by atoms with Crippen LogP contribution >= 0.6 is 27.3 Å². The Bertz CT molecular complexity index is 398. The number of aliphatic hydroxyl groups excluding tert-OH is 1. The Kier molecular flexibility index (Phi) is 4.70. The maximum atomic E-state index is 11.5. The molecule has 0 fully saturated rings. The highest BCUT2D eigenvalue weighted by Crippen LogP contribution is 2.22. The molecular weight excluding hydrogens is 290 g/mol. The highest BCUT2D eigenvalue weighted by Gasteiger charge is 2.17. The maximum absolute atomic E-state index is 11.5. The predicted octanol–water partition coefficient (Wildman–Crippen LogP) is 2.41. The Labute approximate surface area is 107 Å². The number of aliphatic hydroxyl groups is 1. The van der Waals surface area contributed by atoms with E-state index in [1.165, 1.54) is 6.08 Å². The molecule has 0 aromatic carbocycles. The Hall–Kier alpha value is -0.650. The summed E-state index contributed by atoms with van der Waals surface area (Å²) in [5, 5.41) is 11.7. The van der Waals surface area contributed by atoms with Crippen LogP contribution in [0.5, 0.6) is 0 Å². The standard InChI is InChI=1S/C11H14BrNO2S/c1-11(2,7-14)13-10(15)6-4-8-3-5-9(12)16-8/h3-6,14H,7H2,1-2H3,(H,13,15)/b6-4+. The molecule has 0 atom stereocenters. The minimum Gasteiger partial charge on any atom is -0.394 e. The van der Waals surface area contributed by atoms with Gasteiger partial charge in [-0.3, -0.25) is 4.79 Å². The summed E-state index contributed by atoms with van der Waals surface area (Å²) >= 11 is 4.90. The predicted molar refractivity (Wildman–Crippen MR) is 70.4 cm³/mol. The third-order valence-electron chi connectivity index (χ3n) is 1.85. The third-order valence-corrected chi connectivity index (χ3v) is 3.44. The van der Waals surface area contributed by atoms with Gasteiger partial charge in [0.05, 0.1) is 15.9 Å². The van der Waals surface area contributed by atoms with Crippen molar-refractivity contribution in [2.24, 2.45) is 0 Å². The van der Waals surface area contributed by atoms with Crippen LogP contribution in [0.4, 0.5) is 0 Å². The lowest BCUT2D eigenvalue weighted by Gasteiger charge is -2.22. The molecular formula is C11H14BrNO2S. The second kappa shape index (κ2) is 5.61. The van der Waals surface area contributed by atoms with Crippen molar-refractivity contribution in [1.29, 1.82) is 0 Å². The van der Waals surface area contributed by atoms with Crippen molar-refractivity contribution in [2.75, 3.05) is 6.61 Å². The second-order valence-electron chi connectivity index (χ2n) is 4.01. The van der Waals surface area contributed by atoms with Crippen LogP contribution in [0, 0.1) is 0 Å². The van der Waals surface area contributed by atoms with E-state index in [9.17, 15) is 4.79 Å². The first-order chi connectivity index (χ1) is 7.43. The molecule has 0 aliphatic carbocycles. The SMILES string of the molecule is CC(C)(CO)NC(=O)/C=C/c1ccc(Br)s1. The molecule has 1 aromatic heterocycles. The fraction of sp³-hybridized carbons (Fsp3) is 0.364. The smallest absolute Gasteiger partial charge is 0.244 e. The van der Waals surface area contributed by atoms with Crippen LogP contribution in [0.1, 0.15) is 18.7 Å². The zero-order valence-electron chi connectivity index (χ0n) is 9.16. The normalized spacial score (nSPS) is 12.0. The van der Waals surface area contributed by atoms with Gasteiger partial charge in [0.1, 0.15) is 0 Å². The molecule has 88 valence electrons. The van der Waals surface area contributed by atoms with Crippen molar-refractivity contribution < 1.29 is 9.90 Å². The molecule has 2 N–H and O–H groups in total. The maximum Gasteiger partial charge on any atom is 0.244 e. The van der Waals surface area contributed by atoms with E-state index in [1.54, 1.807) is 31.3 Å². The molecule has 0 saturated heterocycles. The van der Waals surface area contributed by atoms with E-state index >= 15 is 0 Å². The van der Waals surface area contributed by atoms with Gasteiger partial charge in [0.25, 0.3) is 0 Å². The third kappa shape index (κ3) is 4.47. The van der Waals surface area contributed by atoms with E-state index in [0.717, 1.165) is 8.66 Å². The largest absolute Gasteiger partial charge is 0.394 e. The van der Waals surface area contributed by atoms with Crippen molar-refractivity contribution in [1.82, 2.24) is 5.32 Å². The number of hydrogen-bond acceptors (Lipinski definition) is 3. The Balaban J connectivity index is 2.55. The Morgan fingerprint density at radius 1 is 1.62 bits per heavy atom. The van der Waals surface area contributed by atoms with Gasteiger partial charge in [0, 0.05) is 11.0 Å². The molecule has 1 aromatic rings. The summed E-state index contributed by atoms with van der Waals surface area (Å²) in [7, 11) is 0. The summed E-state index contributed by atoms with van der Waals surface area (Å²) < 4.78 is 1.03. The number of halogens is 1. The number of hydrogen-bond donors (Lipinski definition) is 2. The average Bonchev–Trinajstić information content (AvgIpc) is 2.61. The molecule has 16 heavy (non-hydrogen) atoms. The molecule has 0 spiro atoms. The molecule has 1 rings (SSSR count). The fourth-order valence-corrected chi connectivity index (χ4v) is 2.32. The summed E-state index contributed by atoms with van der Waals surface area (Å²) in [4.78, 5) is 12.5. The molecule has 3 nitrogen and oxygen atoms in total. The zero-order valence-corrected chi connectivity index (χ0v) is 11.6. The highest BCUT2D eigenvalue weighted by atomic mass is 79.9. The van der Waals surface area contributed by atoms with E-state index < -0.39 is 5.54 Å². The molecule has 5 heteroatoms. The van der Waals surface area contributed by atoms with Gasteiger partial charge >= 0.3 is 0 Å². The quantitative estimate of drug-likeness (QED) is 0.839. The van der Waals surface area contributed by atoms with Gasteiger partial charge in [0.15, 0.2) is 0 Å². The van der Waals surface area contributed by atoms with Crippen molar-refractivity contribution in [2.45, 2.75) is 19.4 Å². The number of amides is 1. The molecule has 1 heterocycles. The molecule has 0 unspecified atom stereocenters. The van der Waals surface area contributed by atoms with Gasteiger partial charge in [-0.15, -0.1) is 11.3 Å². The van der Waals surface area contributed by atoms with Gasteiger partial charge < -0.3 is 10.4 Å². The van der Waals surface area contributed by atoms with E-state index in [1.807, 2.05) is 12.1 Å². The Morgan fingerprint density at radius 2 is 2.31 bits per heavy atom. The number of carbonyl (C=O) groups excluding carboxylic acids is 1. The second-order valence-corrected chi connectivity index (χ2v) is 6.50. The lowest BCUT2D eigenvalue weighted by atomic mass is 10.1. The molecule has 0 bridgehead atoms. The minimum atomic E-state index is -0.586. The van der Waals surface area contributed by atoms with Crippen LogP contribution in [0.25, 0.3) is 6.08 Å². The van der Waals surface area contributed by atoms with Crippen molar-refractivity contribution in [3.63, 3.8) is 0 Å². The molecule has 0 radical (unpaired) electrons. The molecule has 0 saturated carbocycles. The fourth-order valence-electron chi connectivity index (χ4n) is 0.990. The number of nitrogens with one attached hydrogen (secondary N) is 1. The van der Waals surface area contributed by atoms with Gasteiger partial charge in [-0.1, -0.05) is 0 Å². The molecule has 1 amide bonds. The van der Waals surface area contributed by atoms with Crippen molar-refractivity contribution >= 4 is 39.2 Å². The summed E-state index contributed by atoms with van der Waals surface area (Å²) in [6.07, 6.45) is 3.22. The van der Waals surface area contributed by atoms with Gasteiger partial charge in [-0.25, -0.2) is 0 Å². The number of thiophene rings is 1. The van der Waals surface area contributed by atoms with Gasteiger partial charge in [-0.2, -0.15) is 0 Å². The summed E-state index contributed by atoms with van der Waals surface area (Å²) in [5.74, 6) is -0.205. The lowest BCUT2D eigenvalue weighted by Crippen LogP contribution is -2.45. The topological polar surface area (TPSA) is 49.3 Å². The first-order valence-electron chi connectivity index (χ1n) is 4.79. The van der Waals surface area contributed by atoms with Crippen LogP contribution in [0.15, 0.2) is 22.0 Å². The lowest BCUT2D eigenvalue weighted by molar-refractivity contribution is -0.118. The van der Waals surface area contributed by atoms with E-state index in [-0.39, 0.29) is 12.5 Å². The summed E-state index contributed by atoms with van der Waals surface area (Å²) in [5.41, 5.74) is -0.586. The van der Waals surface area contributed by atoms with E-state index in [4.69, 9.17) is 5.11 Å². The van der Waals surface area contributed by atoms with Crippen molar-refractivity contribution in [3.05, 3.63) is 26.9 Å². The minimum absolute atomic E-state index is 0.0862. The van der Waals surface area contributed by atoms with Crippen molar-refractivity contribution in [3.8, 4) is 0 Å². The number of rotatable bonds is 4. The van der Waals surface area contributed by atoms with Gasteiger partial charge in [-0.05, 0) is 48.0 Å². The summed E-state index contributed by atoms with van der Waals surface area (Å²) in [6, 6.07) is 3.86. The van der Waals surface area contributed by atoms with Crippen LogP contribution in [-0.2, 0) is 4.79 Å². The zero-order chi connectivity index (χ0) is 12.2. The monoisotopic (exact) mass is 303 g/mol. The molecule has 0 aliphatic rings. The average molecular weight is 304 g/mol. The molecule has 0 aliphatic heterocycles. The number of carbonyl (C=O) groups is 1. The summed E-state index contributed by atoms with van der Waals surface area (Å²) in [6.45, 7) is 3.44. The van der Waals surface area contributed by atoms with Crippen LogP contribution in [0.3, 0.4) is 0 Å². The van der Waals surface area contributed by atoms with Crippen LogP contribution < -0.4 is 5.32 Å². The van der Waals surface area contributed by atoms with Gasteiger partial charge in [0.2, 0.25) is 5.91 Å². The Morgan fingerprint density at radius 3 is 2.81 bits per heavy atom. The van der Waals surface area contributed by atoms with Crippen LogP contribution in [-0.4, -0.2) is 23.2 Å². The van der Waals surface area contributed by atoms with E-state index in [0.29, 0.717) is 0 Å². The first kappa shape index (κ1) is 13.4. The van der Waals surface area contributed by atoms with E-state index in [2.05, 4.69) is 21.2 Å². The highest BCUT2D eigenvalue weighted by molar-refractivity contribution is 9.11.